The Morgan fingerprint density at radius 2 is 1.09 bits per heavy atom. The number of hydrogen-bond acceptors (Lipinski definition) is 16. The Hall–Kier alpha value is -7.95. The van der Waals surface area contributed by atoms with Crippen LogP contribution in [-0.4, -0.2) is 242 Å². The number of nitrogens with one attached hydrogen (secondary N) is 8. The van der Waals surface area contributed by atoms with E-state index in [-0.39, 0.29) is 88.3 Å². The number of phenols is 1. The fourth-order valence-electron chi connectivity index (χ4n) is 9.74. The quantitative estimate of drug-likeness (QED) is 0.0222. The fourth-order valence-corrected chi connectivity index (χ4v) is 9.74. The number of likely N-dealkylation sites (tertiary alicyclic amines) is 1. The molecule has 2 saturated heterocycles. The lowest BCUT2D eigenvalue weighted by atomic mass is 9.90. The van der Waals surface area contributed by atoms with Crippen molar-refractivity contribution in [3.63, 3.8) is 0 Å². The van der Waals surface area contributed by atoms with Crippen LogP contribution < -0.4 is 48.3 Å². The van der Waals surface area contributed by atoms with Gasteiger partial charge in [-0.05, 0) is 73.1 Å². The highest BCUT2D eigenvalue weighted by Crippen LogP contribution is 2.27. The number of carbonyl (C=O) groups excluding carboxylic acids is 5. The summed E-state index contributed by atoms with van der Waals surface area (Å²) in [4.78, 5) is 113. The summed E-state index contributed by atoms with van der Waals surface area (Å²) in [7, 11) is 0. The van der Waals surface area contributed by atoms with Crippen LogP contribution in [-0.2, 0) is 40.1 Å². The smallest absolute Gasteiger partial charge is 0.344 e. The lowest BCUT2D eigenvalue weighted by Crippen LogP contribution is -2.52. The molecule has 3 aromatic carbocycles. The van der Waals surface area contributed by atoms with Gasteiger partial charge in [-0.3, -0.25) is 58.1 Å². The first-order valence-electron chi connectivity index (χ1n) is 29.1. The number of nitrogens with two attached hydrogens (primary N) is 1. The van der Waals surface area contributed by atoms with E-state index >= 15 is 0 Å². The molecule has 3 aromatic rings. The van der Waals surface area contributed by atoms with Gasteiger partial charge in [0.2, 0.25) is 23.6 Å². The van der Waals surface area contributed by atoms with Crippen molar-refractivity contribution < 1.29 is 58.8 Å². The highest BCUT2D eigenvalue weighted by Gasteiger charge is 2.29. The molecule has 27 heteroatoms. The van der Waals surface area contributed by atoms with Crippen LogP contribution in [0.3, 0.4) is 0 Å². The standard InChI is InChI=1S/C58H87N15O12/c1-2-49(75)62-24-25-64-58(85)68-57(59)63-21-6-10-48(55(83)65-36-42-11-17-47(74)18-12-42)67-56(84)54(43-8-4-3-5-9-43)44-13-15-45(16-14-44)60-22-7-23-61-50(76)37-69-26-19-46(20-27-69)66-41-73-34-32-71(39-52(79)80)30-28-70(38-51(77)78)29-31-72(33-35-73)40-53(81)82/h3-5,8-9,11-18,46,48,54,60,66,74H,2,6-7,10,19-41H2,1H3,(H,61,76)(H,62,75)(H,65,83)(H,67,84)(H,77,78)(H,79,80)(H,81,82)(H4,59,63,64,68,85)/t48-,54+/m1/s1. The Morgan fingerprint density at radius 3 is 1.67 bits per heavy atom. The largest absolute Gasteiger partial charge is 0.508 e. The zero-order valence-corrected chi connectivity index (χ0v) is 48.6. The van der Waals surface area contributed by atoms with Crippen LogP contribution in [0.4, 0.5) is 10.5 Å². The van der Waals surface area contributed by atoms with E-state index in [1.165, 1.54) is 12.1 Å². The lowest BCUT2D eigenvalue weighted by molar-refractivity contribution is -0.140. The molecule has 0 aliphatic carbocycles. The molecule has 5 rings (SSSR count). The number of piperidine rings is 1. The van der Waals surface area contributed by atoms with Gasteiger partial charge in [-0.15, -0.1) is 0 Å². The van der Waals surface area contributed by atoms with Gasteiger partial charge in [0, 0.05) is 130 Å². The fraction of sp³-hybridized carbons (Fsp3) is 0.534. The Bertz CT molecular complexity index is 2580. The number of nitrogens with zero attached hydrogens (tertiary/aromatic N) is 6. The predicted molar refractivity (Wildman–Crippen MR) is 320 cm³/mol. The minimum absolute atomic E-state index is 0.0687. The molecule has 2 aliphatic rings. The molecule has 2 aliphatic heterocycles. The number of anilines is 1. The van der Waals surface area contributed by atoms with E-state index in [9.17, 15) is 58.8 Å². The monoisotopic (exact) mass is 1190 g/mol. The van der Waals surface area contributed by atoms with Crippen molar-refractivity contribution in [3.8, 4) is 5.75 Å². The van der Waals surface area contributed by atoms with Crippen molar-refractivity contribution >= 4 is 59.2 Å². The summed E-state index contributed by atoms with van der Waals surface area (Å²) in [5, 5.41) is 62.3. The summed E-state index contributed by atoms with van der Waals surface area (Å²) in [6.07, 6.45) is 3.16. The summed E-state index contributed by atoms with van der Waals surface area (Å²) >= 11 is 0. The number of aliphatic carboxylic acids is 3. The third-order valence-corrected chi connectivity index (χ3v) is 14.5. The van der Waals surface area contributed by atoms with Crippen LogP contribution >= 0.6 is 0 Å². The van der Waals surface area contributed by atoms with E-state index in [2.05, 4.69) is 57.3 Å². The molecule has 2 fully saturated rings. The number of phenolic OH excluding ortho intramolecular Hbond substituents is 1. The van der Waals surface area contributed by atoms with Crippen LogP contribution in [0, 0.1) is 0 Å². The Kier molecular flexibility index (Phi) is 29.8. The Morgan fingerprint density at radius 1 is 0.565 bits per heavy atom. The average molecular weight is 1190 g/mol. The number of carboxylic acid groups (broad SMARTS) is 3. The number of carboxylic acids is 3. The number of urea groups is 1. The van der Waals surface area contributed by atoms with Crippen LogP contribution in [0.15, 0.2) is 83.9 Å². The maximum atomic E-state index is 14.4. The molecule has 2 heterocycles. The second-order valence-corrected chi connectivity index (χ2v) is 21.1. The van der Waals surface area contributed by atoms with E-state index in [4.69, 9.17) is 5.73 Å². The zero-order chi connectivity index (χ0) is 61.3. The van der Waals surface area contributed by atoms with Gasteiger partial charge in [0.25, 0.3) is 0 Å². The van der Waals surface area contributed by atoms with Gasteiger partial charge in [0.15, 0.2) is 5.96 Å². The van der Waals surface area contributed by atoms with E-state index in [1.807, 2.05) is 54.6 Å². The SMILES string of the molecule is CCC(=O)NCCNC(=O)/N=C(/N)NCCC[C@@H](NC(=O)[C@@H](c1ccccc1)c1ccc(NCCCNC(=O)CN2CCC(NCN3CCN(CC(=O)O)CCN(CC(=O)O)CCN(CC(=O)O)CC3)CC2)cc1)C(=O)NCc1ccc(O)cc1. The molecular weight excluding hydrogens is 1100 g/mol. The van der Waals surface area contributed by atoms with E-state index < -0.39 is 47.7 Å². The number of rotatable bonds is 31. The molecule has 0 unspecified atom stereocenters. The number of aromatic hydroxyl groups is 1. The number of hydrogen-bond donors (Lipinski definition) is 13. The van der Waals surface area contributed by atoms with E-state index in [1.54, 1.807) is 33.8 Å². The molecule has 0 bridgehead atoms. The molecule has 0 radical (unpaired) electrons. The summed E-state index contributed by atoms with van der Waals surface area (Å²) < 4.78 is 0. The van der Waals surface area contributed by atoms with Crippen molar-refractivity contribution in [1.29, 1.82) is 0 Å². The maximum Gasteiger partial charge on any atom is 0.344 e. The Balaban J connectivity index is 1.07. The van der Waals surface area contributed by atoms with Gasteiger partial charge < -0.3 is 68.7 Å². The third kappa shape index (κ3) is 27.1. The van der Waals surface area contributed by atoms with Gasteiger partial charge in [-0.1, -0.05) is 61.5 Å². The number of amides is 6. The molecule has 6 amide bonds. The molecule has 466 valence electrons. The first-order valence-corrected chi connectivity index (χ1v) is 29.1. The minimum Gasteiger partial charge on any atom is -0.508 e. The number of carbonyl (C=O) groups is 8. The predicted octanol–water partition coefficient (Wildman–Crippen LogP) is -0.349. The summed E-state index contributed by atoms with van der Waals surface area (Å²) in [6.45, 7) is 8.49. The second-order valence-electron chi connectivity index (χ2n) is 21.1. The van der Waals surface area contributed by atoms with Crippen LogP contribution in [0.5, 0.6) is 5.75 Å². The van der Waals surface area contributed by atoms with E-state index in [0.717, 1.165) is 37.2 Å². The Labute approximate surface area is 496 Å². The highest BCUT2D eigenvalue weighted by atomic mass is 16.4. The van der Waals surface area contributed by atoms with Gasteiger partial charge >= 0.3 is 23.9 Å². The number of benzene rings is 3. The van der Waals surface area contributed by atoms with Crippen molar-refractivity contribution in [2.75, 3.05) is 136 Å². The van der Waals surface area contributed by atoms with Crippen molar-refractivity contribution in [3.05, 3.63) is 95.6 Å². The molecule has 85 heavy (non-hydrogen) atoms. The number of guanidine groups is 1. The topological polar surface area (TPSA) is 368 Å². The molecule has 0 saturated carbocycles. The first kappa shape index (κ1) is 67.8. The van der Waals surface area contributed by atoms with Crippen molar-refractivity contribution in [1.82, 2.24) is 61.7 Å². The van der Waals surface area contributed by atoms with Crippen molar-refractivity contribution in [2.24, 2.45) is 10.7 Å². The second kappa shape index (κ2) is 37.4. The van der Waals surface area contributed by atoms with Crippen LogP contribution in [0.25, 0.3) is 0 Å². The normalized spacial score (nSPS) is 16.3. The molecule has 14 N–H and O–H groups in total. The molecule has 27 nitrogen and oxygen atoms in total. The average Bonchev–Trinajstić information content (AvgIpc) is 3.63. The zero-order valence-electron chi connectivity index (χ0n) is 48.6. The summed E-state index contributed by atoms with van der Waals surface area (Å²) in [6, 6.07) is 21.6. The molecule has 2 atom stereocenters. The first-order chi connectivity index (χ1) is 40.9. The van der Waals surface area contributed by atoms with Gasteiger partial charge in [-0.25, -0.2) is 4.79 Å². The van der Waals surface area contributed by atoms with Gasteiger partial charge in [0.1, 0.15) is 11.8 Å². The van der Waals surface area contributed by atoms with Gasteiger partial charge in [-0.2, -0.15) is 4.99 Å². The maximum absolute atomic E-state index is 14.4. The van der Waals surface area contributed by atoms with Gasteiger partial charge in [0.05, 0.1) is 32.1 Å². The molecule has 0 spiro atoms. The van der Waals surface area contributed by atoms with Crippen LogP contribution in [0.1, 0.15) is 68.1 Å². The molecule has 0 aromatic heterocycles. The summed E-state index contributed by atoms with van der Waals surface area (Å²) in [5.74, 6) is -4.82. The lowest BCUT2D eigenvalue weighted by Gasteiger charge is -2.35. The summed E-state index contributed by atoms with van der Waals surface area (Å²) in [5.41, 5.74) is 8.91. The highest BCUT2D eigenvalue weighted by molar-refractivity contribution is 5.93. The van der Waals surface area contributed by atoms with Crippen molar-refractivity contribution in [2.45, 2.75) is 70.0 Å². The third-order valence-electron chi connectivity index (χ3n) is 14.5. The van der Waals surface area contributed by atoms with E-state index in [0.29, 0.717) is 103 Å². The minimum atomic E-state index is -1.00. The number of aliphatic imine (C=N–C) groups is 1. The van der Waals surface area contributed by atoms with Crippen LogP contribution in [0.2, 0.25) is 0 Å². The molecular formula is C58H87N15O12.